The third kappa shape index (κ3) is 4.41. The summed E-state index contributed by atoms with van der Waals surface area (Å²) in [4.78, 5) is 38.1. The number of anilines is 1. The quantitative estimate of drug-likeness (QED) is 0.146. The summed E-state index contributed by atoms with van der Waals surface area (Å²) in [5, 5.41) is 1.04. The van der Waals surface area contributed by atoms with Crippen LogP contribution < -0.4 is 5.32 Å². The number of hydrogen-bond donors (Lipinski definition) is 4. The fraction of sp³-hybridized carbons (Fsp3) is 0.0952. The van der Waals surface area contributed by atoms with Gasteiger partial charge in [0, 0.05) is 45.2 Å². The summed E-state index contributed by atoms with van der Waals surface area (Å²) < 4.78 is 102. The Morgan fingerprint density at radius 2 is 1.08 bits per heavy atom. The van der Waals surface area contributed by atoms with Gasteiger partial charge >= 0.3 is 6.09 Å². The molecule has 4 N–H and O–H groups in total. The van der Waals surface area contributed by atoms with Crippen LogP contribution in [0.25, 0.3) is 32.3 Å². The molecule has 0 bridgehead atoms. The van der Waals surface area contributed by atoms with Gasteiger partial charge in [0.05, 0.1) is 5.69 Å². The van der Waals surface area contributed by atoms with Gasteiger partial charge in [0.15, 0.2) is 0 Å². The molecule has 0 unspecified atom stereocenters. The van der Waals surface area contributed by atoms with E-state index >= 15 is 0 Å². The molecule has 4 aromatic carbocycles. The van der Waals surface area contributed by atoms with Gasteiger partial charge in [-0.2, -0.15) is 25.3 Å². The first-order chi connectivity index (χ1) is 18.0. The lowest BCUT2D eigenvalue weighted by atomic mass is 9.93. The number of imide groups is 1. The van der Waals surface area contributed by atoms with Crippen LogP contribution >= 0.6 is 0 Å². The number of carbonyl (C=O) groups is 3. The highest BCUT2D eigenvalue weighted by molar-refractivity contribution is 7.87. The van der Waals surface area contributed by atoms with Gasteiger partial charge in [-0.3, -0.25) is 28.6 Å². The molecule has 0 saturated carbocycles. The normalized spacial score (nSPS) is 15.1. The van der Waals surface area contributed by atoms with E-state index in [0.29, 0.717) is 6.07 Å². The van der Waals surface area contributed by atoms with E-state index in [1.54, 1.807) is 0 Å². The average molecular weight is 599 g/mol. The van der Waals surface area contributed by atoms with Gasteiger partial charge < -0.3 is 4.84 Å². The average Bonchev–Trinajstić information content (AvgIpc) is 3.12. The largest absolute Gasteiger partial charge is 0.436 e. The fourth-order valence-corrected chi connectivity index (χ4v) is 6.73. The summed E-state index contributed by atoms with van der Waals surface area (Å²) >= 11 is 0. The summed E-state index contributed by atoms with van der Waals surface area (Å²) in [6, 6.07) is 5.80. The second kappa shape index (κ2) is 8.53. The Labute approximate surface area is 218 Å². The number of nitrogens with zero attached hydrogens (tertiary/aromatic N) is 1. The number of rotatable bonds is 5. The van der Waals surface area contributed by atoms with E-state index in [1.807, 2.05) is 0 Å². The Morgan fingerprint density at radius 1 is 0.692 bits per heavy atom. The van der Waals surface area contributed by atoms with E-state index in [-0.39, 0.29) is 55.9 Å². The first-order valence-corrected chi connectivity index (χ1v) is 14.9. The number of nitrogens with one attached hydrogen (secondary N) is 1. The van der Waals surface area contributed by atoms with Crippen LogP contribution in [0.1, 0.15) is 12.8 Å². The molecule has 1 heterocycles. The van der Waals surface area contributed by atoms with Crippen LogP contribution in [-0.4, -0.2) is 61.9 Å². The van der Waals surface area contributed by atoms with Crippen LogP contribution in [0.15, 0.2) is 51.1 Å². The topological polar surface area (TPSA) is 239 Å². The zero-order valence-corrected chi connectivity index (χ0v) is 21.4. The molecule has 0 atom stereocenters. The Bertz CT molecular complexity index is 2040. The van der Waals surface area contributed by atoms with Crippen molar-refractivity contribution >= 4 is 86.3 Å². The molecular formula is C21H14N2O13S3. The first-order valence-electron chi connectivity index (χ1n) is 10.5. The highest BCUT2D eigenvalue weighted by atomic mass is 32.2. The third-order valence-corrected chi connectivity index (χ3v) is 8.72. The van der Waals surface area contributed by atoms with E-state index in [9.17, 15) is 53.3 Å². The zero-order valence-electron chi connectivity index (χ0n) is 19.0. The highest BCUT2D eigenvalue weighted by Gasteiger charge is 2.33. The molecule has 0 aliphatic carbocycles. The van der Waals surface area contributed by atoms with Crippen molar-refractivity contribution in [1.29, 1.82) is 0 Å². The summed E-state index contributed by atoms with van der Waals surface area (Å²) in [6.07, 6.45) is -1.82. The second-order valence-corrected chi connectivity index (χ2v) is 12.5. The molecule has 18 heteroatoms. The van der Waals surface area contributed by atoms with Gasteiger partial charge in [-0.1, -0.05) is 24.3 Å². The lowest BCUT2D eigenvalue weighted by Gasteiger charge is -2.19. The van der Waals surface area contributed by atoms with Gasteiger partial charge in [-0.05, 0) is 12.1 Å². The maximum atomic E-state index is 12.5. The summed E-state index contributed by atoms with van der Waals surface area (Å²) in [5.41, 5.74) is -0.376. The SMILES string of the molecule is O=C(Nc1cc(S(=O)(=O)O)c2ccc3c(S(=O)(=O)O)cc(S(=O)(=O)O)c4ccc1c2c43)ON1C(=O)CCC1=O. The van der Waals surface area contributed by atoms with Gasteiger partial charge in [-0.25, -0.2) is 4.79 Å². The molecule has 1 aliphatic heterocycles. The Morgan fingerprint density at radius 3 is 1.51 bits per heavy atom. The van der Waals surface area contributed by atoms with Crippen LogP contribution in [-0.2, 0) is 44.8 Å². The van der Waals surface area contributed by atoms with Crippen molar-refractivity contribution in [2.24, 2.45) is 0 Å². The van der Waals surface area contributed by atoms with E-state index < -0.39 is 62.9 Å². The number of amides is 3. The minimum Gasteiger partial charge on any atom is -0.311 e. The molecule has 15 nitrogen and oxygen atoms in total. The monoisotopic (exact) mass is 598 g/mol. The molecule has 1 saturated heterocycles. The van der Waals surface area contributed by atoms with Crippen LogP contribution in [0, 0.1) is 0 Å². The maximum Gasteiger partial charge on any atom is 0.436 e. The van der Waals surface area contributed by atoms with Crippen LogP contribution in [0.3, 0.4) is 0 Å². The predicted molar refractivity (Wildman–Crippen MR) is 131 cm³/mol. The van der Waals surface area contributed by atoms with E-state index in [2.05, 4.69) is 5.32 Å². The molecule has 4 aromatic rings. The van der Waals surface area contributed by atoms with Crippen molar-refractivity contribution in [3.8, 4) is 0 Å². The van der Waals surface area contributed by atoms with Crippen LogP contribution in [0.5, 0.6) is 0 Å². The van der Waals surface area contributed by atoms with Crippen molar-refractivity contribution in [3.63, 3.8) is 0 Å². The molecule has 3 amide bonds. The van der Waals surface area contributed by atoms with Crippen LogP contribution in [0.2, 0.25) is 0 Å². The molecule has 39 heavy (non-hydrogen) atoms. The zero-order chi connectivity index (χ0) is 28.7. The van der Waals surface area contributed by atoms with Crippen LogP contribution in [0.4, 0.5) is 10.5 Å². The number of hydrogen-bond acceptors (Lipinski definition) is 10. The predicted octanol–water partition coefficient (Wildman–Crippen LogP) is 1.94. The van der Waals surface area contributed by atoms with Crippen molar-refractivity contribution in [2.45, 2.75) is 27.5 Å². The summed E-state index contributed by atoms with van der Waals surface area (Å²) in [6.45, 7) is 0. The minimum absolute atomic E-state index is 0.0414. The molecule has 0 aromatic heterocycles. The van der Waals surface area contributed by atoms with Gasteiger partial charge in [0.2, 0.25) is 0 Å². The molecule has 5 rings (SSSR count). The Balaban J connectivity index is 1.87. The lowest BCUT2D eigenvalue weighted by molar-refractivity contribution is -0.170. The van der Waals surface area contributed by atoms with Crippen molar-refractivity contribution in [2.75, 3.05) is 5.32 Å². The fourth-order valence-electron chi connectivity index (χ4n) is 4.51. The molecular weight excluding hydrogens is 584 g/mol. The van der Waals surface area contributed by atoms with Crippen molar-refractivity contribution < 1.29 is 58.1 Å². The number of benzene rings is 4. The summed E-state index contributed by atoms with van der Waals surface area (Å²) in [5.74, 6) is -1.61. The van der Waals surface area contributed by atoms with Gasteiger partial charge in [-0.15, -0.1) is 5.06 Å². The Kier molecular flexibility index (Phi) is 5.83. The van der Waals surface area contributed by atoms with Gasteiger partial charge in [0.25, 0.3) is 42.2 Å². The minimum atomic E-state index is -5.10. The summed E-state index contributed by atoms with van der Waals surface area (Å²) in [7, 11) is -15.3. The molecule has 1 aliphatic rings. The van der Waals surface area contributed by atoms with E-state index in [4.69, 9.17) is 4.84 Å². The molecule has 0 radical (unpaired) electrons. The standard InChI is InChI=1S/C21H14N2O13S3/c24-17-5-6-18(25)23(17)36-21(26)22-13-7-14(37(27,28)29)10-3-4-12-16(39(33,34)35)8-15(38(30,31)32)11-2-1-9(13)19(10)20(11)12/h1-4,7-8H,5-6H2,(H,22,26)(H,27,28,29)(H,30,31,32)(H,33,34,35). The smallest absolute Gasteiger partial charge is 0.311 e. The molecule has 0 spiro atoms. The molecule has 204 valence electrons. The lowest BCUT2D eigenvalue weighted by Crippen LogP contribution is -2.34. The van der Waals surface area contributed by atoms with Crippen molar-refractivity contribution in [3.05, 3.63) is 36.4 Å². The van der Waals surface area contributed by atoms with Gasteiger partial charge in [0.1, 0.15) is 14.7 Å². The third-order valence-electron chi connectivity index (χ3n) is 6.04. The van der Waals surface area contributed by atoms with Crippen molar-refractivity contribution in [1.82, 2.24) is 5.06 Å². The second-order valence-electron chi connectivity index (χ2n) is 8.38. The molecule has 1 fully saturated rings. The maximum absolute atomic E-state index is 12.5. The van der Waals surface area contributed by atoms with E-state index in [0.717, 1.165) is 24.3 Å². The van der Waals surface area contributed by atoms with E-state index in [1.165, 1.54) is 6.07 Å². The number of carbonyl (C=O) groups excluding carboxylic acids is 3. The first kappa shape index (κ1) is 26.7. The Hall–Kier alpha value is -3.94. The number of hydroxylamine groups is 2. The highest BCUT2D eigenvalue weighted by Crippen LogP contribution is 2.44.